The molecule has 1 aromatic carbocycles. The van der Waals surface area contributed by atoms with E-state index in [0.29, 0.717) is 21.3 Å². The summed E-state index contributed by atoms with van der Waals surface area (Å²) in [7, 11) is 0. The van der Waals surface area contributed by atoms with E-state index in [1.54, 1.807) is 18.2 Å². The van der Waals surface area contributed by atoms with Crippen molar-refractivity contribution in [3.05, 3.63) is 33.8 Å². The summed E-state index contributed by atoms with van der Waals surface area (Å²) in [5.74, 6) is -0.586. The third kappa shape index (κ3) is 3.79. The SMILES string of the molecule is O=C1CC(CC(=O)N/N=C\c2cccc(Cl)c2Cl)=NN1. The van der Waals surface area contributed by atoms with Crippen LogP contribution >= 0.6 is 23.2 Å². The number of benzene rings is 1. The standard InChI is InChI=1S/C12H10Cl2N4O2/c13-9-3-1-2-7(12(9)14)6-15-17-10(19)4-8-5-11(20)18-16-8/h1-3,6H,4-5H2,(H,17,19)(H,18,20)/b15-6-. The van der Waals surface area contributed by atoms with Crippen LogP contribution in [0.3, 0.4) is 0 Å². The molecule has 20 heavy (non-hydrogen) atoms. The Morgan fingerprint density at radius 2 is 2.30 bits per heavy atom. The number of carbonyl (C=O) groups is 2. The Morgan fingerprint density at radius 3 is 3.00 bits per heavy atom. The van der Waals surface area contributed by atoms with E-state index in [0.717, 1.165) is 0 Å². The molecule has 0 saturated carbocycles. The van der Waals surface area contributed by atoms with Crippen molar-refractivity contribution < 1.29 is 9.59 Å². The number of carbonyl (C=O) groups excluding carboxylic acids is 2. The van der Waals surface area contributed by atoms with Gasteiger partial charge in [-0.2, -0.15) is 10.2 Å². The molecule has 2 N–H and O–H groups in total. The first kappa shape index (κ1) is 14.5. The minimum absolute atomic E-state index is 0.0133. The average molecular weight is 313 g/mol. The largest absolute Gasteiger partial charge is 0.273 e. The Balaban J connectivity index is 1.88. The molecule has 1 heterocycles. The number of hydrazone groups is 2. The highest BCUT2D eigenvalue weighted by Gasteiger charge is 2.16. The van der Waals surface area contributed by atoms with Crippen LogP contribution in [0.4, 0.5) is 0 Å². The summed E-state index contributed by atoms with van der Waals surface area (Å²) in [6, 6.07) is 5.09. The van der Waals surface area contributed by atoms with Crippen LogP contribution in [0.2, 0.25) is 10.0 Å². The Hall–Kier alpha value is -1.92. The fraction of sp³-hybridized carbons (Fsp3) is 0.167. The molecule has 6 nitrogen and oxygen atoms in total. The lowest BCUT2D eigenvalue weighted by molar-refractivity contribution is -0.119. The molecular weight excluding hydrogens is 303 g/mol. The van der Waals surface area contributed by atoms with Crippen LogP contribution in [0.15, 0.2) is 28.4 Å². The molecule has 0 spiro atoms. The number of amides is 2. The maximum absolute atomic E-state index is 11.5. The molecule has 0 atom stereocenters. The van der Waals surface area contributed by atoms with E-state index in [4.69, 9.17) is 23.2 Å². The van der Waals surface area contributed by atoms with Crippen molar-refractivity contribution in [1.29, 1.82) is 0 Å². The molecule has 2 rings (SSSR count). The smallest absolute Gasteiger partial charge is 0.245 e. The predicted octanol–water partition coefficient (Wildman–Crippen LogP) is 1.71. The monoisotopic (exact) mass is 312 g/mol. The Kier molecular flexibility index (Phi) is 4.70. The molecule has 1 aliphatic heterocycles. The van der Waals surface area contributed by atoms with Crippen LogP contribution in [-0.4, -0.2) is 23.7 Å². The summed E-state index contributed by atoms with van der Waals surface area (Å²) in [6.45, 7) is 0. The minimum Gasteiger partial charge on any atom is -0.273 e. The van der Waals surface area contributed by atoms with Crippen molar-refractivity contribution in [1.82, 2.24) is 10.9 Å². The molecule has 0 saturated heterocycles. The zero-order valence-corrected chi connectivity index (χ0v) is 11.7. The quantitative estimate of drug-likeness (QED) is 0.655. The van der Waals surface area contributed by atoms with Gasteiger partial charge in [0, 0.05) is 5.56 Å². The lowest BCUT2D eigenvalue weighted by Gasteiger charge is -2.00. The second-order valence-corrected chi connectivity index (χ2v) is 4.79. The van der Waals surface area contributed by atoms with E-state index >= 15 is 0 Å². The van der Waals surface area contributed by atoms with Crippen molar-refractivity contribution >= 4 is 46.9 Å². The van der Waals surface area contributed by atoms with Crippen molar-refractivity contribution in [2.24, 2.45) is 10.2 Å². The fourth-order valence-corrected chi connectivity index (χ4v) is 1.88. The van der Waals surface area contributed by atoms with E-state index in [2.05, 4.69) is 21.1 Å². The van der Waals surface area contributed by atoms with Gasteiger partial charge in [-0.15, -0.1) is 0 Å². The van der Waals surface area contributed by atoms with E-state index < -0.39 is 0 Å². The first-order valence-corrected chi connectivity index (χ1v) is 6.42. The zero-order valence-electron chi connectivity index (χ0n) is 10.2. The van der Waals surface area contributed by atoms with E-state index in [1.807, 2.05) is 0 Å². The lowest BCUT2D eigenvalue weighted by Crippen LogP contribution is -2.20. The first-order chi connectivity index (χ1) is 9.56. The Labute approximate surface area is 124 Å². The average Bonchev–Trinajstić information content (AvgIpc) is 2.80. The summed E-state index contributed by atoms with van der Waals surface area (Å²) >= 11 is 11.8. The Morgan fingerprint density at radius 1 is 1.50 bits per heavy atom. The van der Waals surface area contributed by atoms with Gasteiger partial charge in [0.1, 0.15) is 0 Å². The fourth-order valence-electron chi connectivity index (χ4n) is 1.53. The molecule has 0 aliphatic carbocycles. The van der Waals surface area contributed by atoms with Gasteiger partial charge in [-0.05, 0) is 6.07 Å². The van der Waals surface area contributed by atoms with Crippen molar-refractivity contribution in [2.75, 3.05) is 0 Å². The third-order valence-corrected chi connectivity index (χ3v) is 3.28. The maximum atomic E-state index is 11.5. The number of hydrogen-bond donors (Lipinski definition) is 2. The first-order valence-electron chi connectivity index (χ1n) is 5.66. The van der Waals surface area contributed by atoms with Gasteiger partial charge in [-0.3, -0.25) is 9.59 Å². The van der Waals surface area contributed by atoms with E-state index in [1.165, 1.54) is 6.21 Å². The molecule has 8 heteroatoms. The van der Waals surface area contributed by atoms with Gasteiger partial charge in [0.25, 0.3) is 0 Å². The second kappa shape index (κ2) is 6.49. The lowest BCUT2D eigenvalue weighted by atomic mass is 10.2. The van der Waals surface area contributed by atoms with Gasteiger partial charge < -0.3 is 0 Å². The minimum atomic E-state index is -0.366. The van der Waals surface area contributed by atoms with Gasteiger partial charge in [-0.1, -0.05) is 35.3 Å². The molecule has 0 bridgehead atoms. The van der Waals surface area contributed by atoms with Gasteiger partial charge >= 0.3 is 0 Å². The van der Waals surface area contributed by atoms with Gasteiger partial charge in [0.05, 0.1) is 34.8 Å². The van der Waals surface area contributed by atoms with Crippen LogP contribution in [0.25, 0.3) is 0 Å². The van der Waals surface area contributed by atoms with Crippen molar-refractivity contribution in [3.63, 3.8) is 0 Å². The van der Waals surface area contributed by atoms with Crippen LogP contribution in [0.5, 0.6) is 0 Å². The topological polar surface area (TPSA) is 82.9 Å². The van der Waals surface area contributed by atoms with Crippen LogP contribution in [0, 0.1) is 0 Å². The molecule has 2 amide bonds. The maximum Gasteiger partial charge on any atom is 0.245 e. The van der Waals surface area contributed by atoms with E-state index in [9.17, 15) is 9.59 Å². The number of halogens is 2. The molecule has 0 unspecified atom stereocenters. The summed E-state index contributed by atoms with van der Waals surface area (Å²) in [6.07, 6.45) is 1.54. The van der Waals surface area contributed by atoms with Crippen LogP contribution in [0.1, 0.15) is 18.4 Å². The Bertz CT molecular complexity index is 613. The summed E-state index contributed by atoms with van der Waals surface area (Å²) in [4.78, 5) is 22.4. The highest BCUT2D eigenvalue weighted by atomic mass is 35.5. The number of nitrogens with one attached hydrogen (secondary N) is 2. The third-order valence-electron chi connectivity index (χ3n) is 2.44. The van der Waals surface area contributed by atoms with Crippen LogP contribution in [-0.2, 0) is 9.59 Å². The summed E-state index contributed by atoms with van der Waals surface area (Å²) < 4.78 is 0. The molecule has 0 aromatic heterocycles. The highest BCUT2D eigenvalue weighted by molar-refractivity contribution is 6.43. The molecular formula is C12H10Cl2N4O2. The predicted molar refractivity (Wildman–Crippen MR) is 77.0 cm³/mol. The van der Waals surface area contributed by atoms with Crippen molar-refractivity contribution in [3.8, 4) is 0 Å². The molecule has 1 aromatic rings. The number of rotatable bonds is 4. The molecule has 0 radical (unpaired) electrons. The molecule has 0 fully saturated rings. The van der Waals surface area contributed by atoms with Gasteiger partial charge in [0.2, 0.25) is 11.8 Å². The van der Waals surface area contributed by atoms with E-state index in [-0.39, 0.29) is 24.7 Å². The second-order valence-electron chi connectivity index (χ2n) is 4.00. The van der Waals surface area contributed by atoms with Crippen LogP contribution < -0.4 is 10.9 Å². The highest BCUT2D eigenvalue weighted by Crippen LogP contribution is 2.23. The summed E-state index contributed by atoms with van der Waals surface area (Å²) in [5.41, 5.74) is 5.67. The van der Waals surface area contributed by atoms with Gasteiger partial charge in [0.15, 0.2) is 0 Å². The molecule has 1 aliphatic rings. The summed E-state index contributed by atoms with van der Waals surface area (Å²) in [5, 5.41) is 8.26. The molecule has 104 valence electrons. The zero-order chi connectivity index (χ0) is 14.5. The van der Waals surface area contributed by atoms with Gasteiger partial charge in [-0.25, -0.2) is 10.9 Å². The number of hydrogen-bond acceptors (Lipinski definition) is 4. The number of nitrogens with zero attached hydrogens (tertiary/aromatic N) is 2. The van der Waals surface area contributed by atoms with Crippen molar-refractivity contribution in [2.45, 2.75) is 12.8 Å². The normalized spacial score (nSPS) is 14.3.